The van der Waals surface area contributed by atoms with Crippen LogP contribution in [0.5, 0.6) is 0 Å². The first-order valence-electron chi connectivity index (χ1n) is 8.13. The molecular formula is C18H26O3. The largest absolute Gasteiger partial charge is 0.373 e. The van der Waals surface area contributed by atoms with E-state index in [4.69, 9.17) is 9.78 Å². The standard InChI is InChI=1S/C18H26O3/c1-3-4-7-15-9-11-17(12-10-15)20-21-18(19)16-8-5-6-14(2)13-16/h5-6,8,13,15,17H,3-4,7,9-12H2,1-2H3. The van der Waals surface area contributed by atoms with E-state index in [1.807, 2.05) is 25.1 Å². The third kappa shape index (κ3) is 5.16. The van der Waals surface area contributed by atoms with Crippen LogP contribution in [0.2, 0.25) is 0 Å². The van der Waals surface area contributed by atoms with Crippen LogP contribution in [0.3, 0.4) is 0 Å². The SMILES string of the molecule is CCCCC1CCC(OOC(=O)c2cccc(C)c2)CC1. The summed E-state index contributed by atoms with van der Waals surface area (Å²) in [5, 5.41) is 0. The first-order chi connectivity index (χ1) is 10.2. The highest BCUT2D eigenvalue weighted by molar-refractivity contribution is 5.89. The molecule has 0 saturated heterocycles. The Hall–Kier alpha value is -1.35. The number of aryl methyl sites for hydroxylation is 1. The number of carbonyl (C=O) groups excluding carboxylic acids is 1. The van der Waals surface area contributed by atoms with Gasteiger partial charge in [-0.3, -0.25) is 4.89 Å². The van der Waals surface area contributed by atoms with Gasteiger partial charge in [0.05, 0.1) is 5.56 Å². The molecule has 0 unspecified atom stereocenters. The number of benzene rings is 1. The van der Waals surface area contributed by atoms with E-state index in [2.05, 4.69) is 6.92 Å². The van der Waals surface area contributed by atoms with Crippen molar-refractivity contribution >= 4 is 5.97 Å². The predicted molar refractivity (Wildman–Crippen MR) is 83.0 cm³/mol. The maximum atomic E-state index is 11.9. The zero-order valence-electron chi connectivity index (χ0n) is 13.1. The molecule has 21 heavy (non-hydrogen) atoms. The van der Waals surface area contributed by atoms with E-state index in [0.29, 0.717) is 5.56 Å². The number of carbonyl (C=O) groups is 1. The fourth-order valence-electron chi connectivity index (χ4n) is 2.94. The van der Waals surface area contributed by atoms with Crippen LogP contribution in [-0.4, -0.2) is 12.1 Å². The minimum absolute atomic E-state index is 0.0663. The lowest BCUT2D eigenvalue weighted by molar-refractivity contribution is -0.280. The van der Waals surface area contributed by atoms with Crippen molar-refractivity contribution in [3.05, 3.63) is 35.4 Å². The van der Waals surface area contributed by atoms with Crippen molar-refractivity contribution in [3.8, 4) is 0 Å². The fraction of sp³-hybridized carbons (Fsp3) is 0.611. The summed E-state index contributed by atoms with van der Waals surface area (Å²) in [6.45, 7) is 4.19. The molecule has 0 spiro atoms. The highest BCUT2D eigenvalue weighted by atomic mass is 17.2. The van der Waals surface area contributed by atoms with E-state index in [0.717, 1.165) is 24.3 Å². The lowest BCUT2D eigenvalue weighted by Crippen LogP contribution is -2.23. The molecule has 2 rings (SSSR count). The third-order valence-electron chi connectivity index (χ3n) is 4.27. The summed E-state index contributed by atoms with van der Waals surface area (Å²) in [4.78, 5) is 22.2. The first-order valence-corrected chi connectivity index (χ1v) is 8.13. The normalized spacial score (nSPS) is 22.0. The molecule has 3 heteroatoms. The molecular weight excluding hydrogens is 264 g/mol. The number of rotatable bonds is 6. The molecule has 3 nitrogen and oxygen atoms in total. The zero-order chi connectivity index (χ0) is 15.1. The summed E-state index contributed by atoms with van der Waals surface area (Å²) in [5.74, 6) is 0.434. The summed E-state index contributed by atoms with van der Waals surface area (Å²) in [5.41, 5.74) is 1.59. The minimum atomic E-state index is -0.396. The number of hydrogen-bond donors (Lipinski definition) is 0. The Morgan fingerprint density at radius 1 is 1.24 bits per heavy atom. The number of unbranched alkanes of at least 4 members (excludes halogenated alkanes) is 1. The molecule has 116 valence electrons. The summed E-state index contributed by atoms with van der Waals surface area (Å²) < 4.78 is 0. The summed E-state index contributed by atoms with van der Waals surface area (Å²) in [6.07, 6.45) is 8.34. The maximum Gasteiger partial charge on any atom is 0.373 e. The maximum absolute atomic E-state index is 11.9. The molecule has 1 aromatic rings. The van der Waals surface area contributed by atoms with Gasteiger partial charge in [-0.1, -0.05) is 43.9 Å². The molecule has 0 bridgehead atoms. The Morgan fingerprint density at radius 2 is 2.00 bits per heavy atom. The van der Waals surface area contributed by atoms with Crippen molar-refractivity contribution in [1.29, 1.82) is 0 Å². The summed E-state index contributed by atoms with van der Waals surface area (Å²) in [7, 11) is 0. The van der Waals surface area contributed by atoms with E-state index < -0.39 is 5.97 Å². The van der Waals surface area contributed by atoms with Crippen molar-refractivity contribution in [2.45, 2.75) is 64.9 Å². The van der Waals surface area contributed by atoms with Crippen LogP contribution < -0.4 is 0 Å². The van der Waals surface area contributed by atoms with Crippen LogP contribution in [0, 0.1) is 12.8 Å². The van der Waals surface area contributed by atoms with Gasteiger partial charge in [0, 0.05) is 0 Å². The molecule has 1 aromatic carbocycles. The van der Waals surface area contributed by atoms with Crippen molar-refractivity contribution in [2.24, 2.45) is 5.92 Å². The van der Waals surface area contributed by atoms with E-state index in [9.17, 15) is 4.79 Å². The van der Waals surface area contributed by atoms with Gasteiger partial charge >= 0.3 is 5.97 Å². The van der Waals surface area contributed by atoms with Crippen LogP contribution in [0.1, 0.15) is 67.8 Å². The predicted octanol–water partition coefficient (Wildman–Crippen LogP) is 4.83. The topological polar surface area (TPSA) is 35.5 Å². The summed E-state index contributed by atoms with van der Waals surface area (Å²) >= 11 is 0. The fourth-order valence-corrected chi connectivity index (χ4v) is 2.94. The van der Waals surface area contributed by atoms with E-state index in [1.165, 1.54) is 32.1 Å². The van der Waals surface area contributed by atoms with Crippen molar-refractivity contribution in [2.75, 3.05) is 0 Å². The summed E-state index contributed by atoms with van der Waals surface area (Å²) in [6, 6.07) is 7.37. The van der Waals surface area contributed by atoms with Gasteiger partial charge in [0.2, 0.25) is 0 Å². The monoisotopic (exact) mass is 290 g/mol. The molecule has 0 N–H and O–H groups in total. The Kier molecular flexibility index (Phi) is 6.24. The van der Waals surface area contributed by atoms with Gasteiger partial charge in [0.1, 0.15) is 6.10 Å². The zero-order valence-corrected chi connectivity index (χ0v) is 13.1. The van der Waals surface area contributed by atoms with Gasteiger partial charge in [-0.25, -0.2) is 4.79 Å². The molecule has 1 fully saturated rings. The molecule has 0 amide bonds. The van der Waals surface area contributed by atoms with Gasteiger partial charge in [0.15, 0.2) is 0 Å². The second-order valence-electron chi connectivity index (χ2n) is 6.12. The first kappa shape index (κ1) is 16.0. The van der Waals surface area contributed by atoms with Crippen LogP contribution in [0.4, 0.5) is 0 Å². The Bertz CT molecular complexity index is 448. The van der Waals surface area contributed by atoms with E-state index >= 15 is 0 Å². The smallest absolute Gasteiger partial charge is 0.293 e. The lowest BCUT2D eigenvalue weighted by Gasteiger charge is -2.27. The highest BCUT2D eigenvalue weighted by Gasteiger charge is 2.23. The van der Waals surface area contributed by atoms with E-state index in [-0.39, 0.29) is 6.10 Å². The van der Waals surface area contributed by atoms with Gasteiger partial charge in [-0.2, -0.15) is 4.89 Å². The van der Waals surface area contributed by atoms with Gasteiger partial charge in [-0.05, 0) is 50.7 Å². The third-order valence-corrected chi connectivity index (χ3v) is 4.27. The molecule has 1 aliphatic rings. The molecule has 0 heterocycles. The van der Waals surface area contributed by atoms with Crippen molar-refractivity contribution in [1.82, 2.24) is 0 Å². The molecule has 1 saturated carbocycles. The molecule has 0 radical (unpaired) electrons. The van der Waals surface area contributed by atoms with Crippen LogP contribution in [-0.2, 0) is 9.78 Å². The van der Waals surface area contributed by atoms with E-state index in [1.54, 1.807) is 6.07 Å². The second kappa shape index (κ2) is 8.18. The average molecular weight is 290 g/mol. The molecule has 0 atom stereocenters. The molecule has 1 aliphatic carbocycles. The quantitative estimate of drug-likeness (QED) is 0.556. The Labute approximate surface area is 127 Å². The Morgan fingerprint density at radius 3 is 2.67 bits per heavy atom. The van der Waals surface area contributed by atoms with Gasteiger partial charge < -0.3 is 0 Å². The van der Waals surface area contributed by atoms with Crippen LogP contribution in [0.25, 0.3) is 0 Å². The van der Waals surface area contributed by atoms with Crippen LogP contribution >= 0.6 is 0 Å². The second-order valence-corrected chi connectivity index (χ2v) is 6.12. The molecule has 0 aromatic heterocycles. The lowest BCUT2D eigenvalue weighted by atomic mass is 9.84. The van der Waals surface area contributed by atoms with Crippen molar-refractivity contribution < 1.29 is 14.6 Å². The molecule has 0 aliphatic heterocycles. The minimum Gasteiger partial charge on any atom is -0.293 e. The highest BCUT2D eigenvalue weighted by Crippen LogP contribution is 2.29. The van der Waals surface area contributed by atoms with Crippen molar-refractivity contribution in [3.63, 3.8) is 0 Å². The Balaban J connectivity index is 1.71. The van der Waals surface area contributed by atoms with Gasteiger partial charge in [-0.15, -0.1) is 0 Å². The van der Waals surface area contributed by atoms with Crippen LogP contribution in [0.15, 0.2) is 24.3 Å². The van der Waals surface area contributed by atoms with Gasteiger partial charge in [0.25, 0.3) is 0 Å². The average Bonchev–Trinajstić information content (AvgIpc) is 2.51. The number of hydrogen-bond acceptors (Lipinski definition) is 3.